The van der Waals surface area contributed by atoms with Crippen LogP contribution in [0.2, 0.25) is 0 Å². The number of carbonyl (C=O) groups is 1. The molecule has 1 aromatic carbocycles. The molecule has 7 heteroatoms. The van der Waals surface area contributed by atoms with Crippen LogP contribution in [-0.4, -0.2) is 22.6 Å². The molecule has 0 aliphatic carbocycles. The van der Waals surface area contributed by atoms with E-state index in [2.05, 4.69) is 4.98 Å². The highest BCUT2D eigenvalue weighted by atomic mass is 32.1. The molecule has 0 aliphatic rings. The highest BCUT2D eigenvalue weighted by molar-refractivity contribution is 7.71. The number of carbonyl (C=O) groups excluding carboxylic acids is 1. The van der Waals surface area contributed by atoms with Gasteiger partial charge in [0.2, 0.25) is 0 Å². The van der Waals surface area contributed by atoms with Gasteiger partial charge >= 0.3 is 5.97 Å². The third kappa shape index (κ3) is 2.81. The number of aromatic amines is 1. The Hall–Kier alpha value is -2.25. The Morgan fingerprint density at radius 3 is 2.71 bits per heavy atom. The van der Waals surface area contributed by atoms with E-state index < -0.39 is 12.0 Å². The average molecular weight is 360 g/mol. The van der Waals surface area contributed by atoms with E-state index in [1.54, 1.807) is 24.3 Å². The van der Waals surface area contributed by atoms with Gasteiger partial charge in [-0.15, -0.1) is 11.3 Å². The Bertz CT molecular complexity index is 1000. The van der Waals surface area contributed by atoms with Crippen LogP contribution in [0.1, 0.15) is 23.4 Å². The molecular formula is C17H16N2O3S2. The lowest BCUT2D eigenvalue weighted by molar-refractivity contribution is -0.143. The smallest absolute Gasteiger partial charge is 0.333 e. The zero-order valence-corrected chi connectivity index (χ0v) is 14.9. The number of hydrogen-bond donors (Lipinski definition) is 1. The van der Waals surface area contributed by atoms with E-state index in [4.69, 9.17) is 17.0 Å². The molecule has 124 valence electrons. The number of rotatable bonds is 4. The van der Waals surface area contributed by atoms with Crippen LogP contribution in [-0.2, 0) is 16.0 Å². The number of thiophene rings is 1. The highest BCUT2D eigenvalue weighted by Gasteiger charge is 2.26. The minimum Gasteiger partial charge on any atom is -0.467 e. The van der Waals surface area contributed by atoms with Crippen molar-refractivity contribution in [1.82, 2.24) is 9.55 Å². The van der Waals surface area contributed by atoms with Crippen LogP contribution in [0, 0.1) is 4.77 Å². The molecule has 0 saturated heterocycles. The van der Waals surface area contributed by atoms with Gasteiger partial charge in [0.25, 0.3) is 5.56 Å². The first-order valence-corrected chi connectivity index (χ1v) is 8.69. The first-order valence-electron chi connectivity index (χ1n) is 7.46. The molecule has 0 spiro atoms. The van der Waals surface area contributed by atoms with E-state index in [-0.39, 0.29) is 10.3 Å². The monoisotopic (exact) mass is 360 g/mol. The third-order valence-corrected chi connectivity index (χ3v) is 5.31. The van der Waals surface area contributed by atoms with Gasteiger partial charge in [-0.3, -0.25) is 9.36 Å². The van der Waals surface area contributed by atoms with E-state index in [1.165, 1.54) is 23.0 Å². The summed E-state index contributed by atoms with van der Waals surface area (Å²) < 4.78 is 6.41. The summed E-state index contributed by atoms with van der Waals surface area (Å²) in [5.41, 5.74) is 0.361. The largest absolute Gasteiger partial charge is 0.467 e. The molecule has 0 bridgehead atoms. The van der Waals surface area contributed by atoms with Gasteiger partial charge < -0.3 is 9.72 Å². The first kappa shape index (κ1) is 16.6. The lowest BCUT2D eigenvalue weighted by Crippen LogP contribution is -2.32. The van der Waals surface area contributed by atoms with Crippen LogP contribution in [0.4, 0.5) is 0 Å². The van der Waals surface area contributed by atoms with Crippen molar-refractivity contribution < 1.29 is 9.53 Å². The van der Waals surface area contributed by atoms with Crippen LogP contribution in [0.25, 0.3) is 10.2 Å². The molecule has 0 amide bonds. The predicted molar refractivity (Wildman–Crippen MR) is 97.2 cm³/mol. The Labute approximate surface area is 147 Å². The highest BCUT2D eigenvalue weighted by Crippen LogP contribution is 2.24. The van der Waals surface area contributed by atoms with Crippen LogP contribution in [0.3, 0.4) is 0 Å². The molecule has 3 aromatic rings. The minimum absolute atomic E-state index is 0.205. The molecule has 0 radical (unpaired) electrons. The molecule has 2 heterocycles. The second-order valence-corrected chi connectivity index (χ2v) is 6.77. The van der Waals surface area contributed by atoms with Gasteiger partial charge in [0.1, 0.15) is 4.83 Å². The summed E-state index contributed by atoms with van der Waals surface area (Å²) in [4.78, 5) is 30.3. The van der Waals surface area contributed by atoms with Crippen LogP contribution in [0.5, 0.6) is 0 Å². The second-order valence-electron chi connectivity index (χ2n) is 5.25. The fourth-order valence-corrected chi connectivity index (χ4v) is 3.96. The molecule has 0 aliphatic heterocycles. The number of methoxy groups -OCH3 is 1. The maximum absolute atomic E-state index is 13.0. The van der Waals surface area contributed by atoms with Crippen molar-refractivity contribution in [2.24, 2.45) is 0 Å². The number of hydrogen-bond acceptors (Lipinski definition) is 5. The van der Waals surface area contributed by atoms with Crippen molar-refractivity contribution in [3.63, 3.8) is 0 Å². The Morgan fingerprint density at radius 2 is 2.08 bits per heavy atom. The average Bonchev–Trinajstić information content (AvgIpc) is 3.02. The third-order valence-electron chi connectivity index (χ3n) is 3.82. The van der Waals surface area contributed by atoms with E-state index >= 15 is 0 Å². The Kier molecular flexibility index (Phi) is 4.64. The van der Waals surface area contributed by atoms with Crippen LogP contribution >= 0.6 is 23.6 Å². The molecule has 0 fully saturated rings. The summed E-state index contributed by atoms with van der Waals surface area (Å²) in [7, 11) is 1.30. The molecule has 2 aromatic heterocycles. The zero-order chi connectivity index (χ0) is 17.3. The van der Waals surface area contributed by atoms with Gasteiger partial charge in [0, 0.05) is 4.88 Å². The van der Waals surface area contributed by atoms with Gasteiger partial charge in [-0.25, -0.2) is 4.79 Å². The second kappa shape index (κ2) is 6.70. The number of esters is 1. The topological polar surface area (TPSA) is 64.1 Å². The van der Waals surface area contributed by atoms with Gasteiger partial charge in [0.15, 0.2) is 10.8 Å². The van der Waals surface area contributed by atoms with E-state index in [1.807, 2.05) is 19.1 Å². The van der Waals surface area contributed by atoms with Crippen molar-refractivity contribution in [1.29, 1.82) is 0 Å². The number of benzene rings is 1. The maximum atomic E-state index is 13.0. The van der Waals surface area contributed by atoms with E-state index in [0.717, 1.165) is 16.1 Å². The molecule has 1 N–H and O–H groups in total. The Morgan fingerprint density at radius 1 is 1.38 bits per heavy atom. The van der Waals surface area contributed by atoms with Crippen molar-refractivity contribution in [3.8, 4) is 0 Å². The van der Waals surface area contributed by atoms with E-state index in [0.29, 0.717) is 10.9 Å². The number of aryl methyl sites for hydroxylation is 1. The molecular weight excluding hydrogens is 344 g/mol. The maximum Gasteiger partial charge on any atom is 0.333 e. The van der Waals surface area contributed by atoms with Crippen LogP contribution in [0.15, 0.2) is 41.2 Å². The van der Waals surface area contributed by atoms with E-state index in [9.17, 15) is 9.59 Å². The molecule has 0 saturated carbocycles. The first-order chi connectivity index (χ1) is 11.6. The lowest BCUT2D eigenvalue weighted by atomic mass is 10.1. The number of H-pyrrole nitrogens is 1. The molecule has 1 atom stereocenters. The fraction of sp³-hybridized carbons (Fsp3) is 0.235. The standard InChI is InChI=1S/C17H16N2O3S2/c1-3-11-9-12-14(24-11)18-17(23)19(15(12)20)13(16(21)22-2)10-7-5-4-6-8-10/h4-9,13H,3H2,1-2H3,(H,18,23). The van der Waals surface area contributed by atoms with Gasteiger partial charge in [-0.05, 0) is 30.3 Å². The summed E-state index contributed by atoms with van der Waals surface area (Å²) in [6.07, 6.45) is 0.832. The molecule has 3 rings (SSSR count). The number of ether oxygens (including phenoxy) is 1. The number of fused-ring (bicyclic) bond motifs is 1. The summed E-state index contributed by atoms with van der Waals surface area (Å²) in [6, 6.07) is 9.95. The predicted octanol–water partition coefficient (Wildman–Crippen LogP) is 3.45. The SMILES string of the molecule is CCc1cc2c(=O)n(C(C(=O)OC)c3ccccc3)c(=S)[nH]c2s1. The van der Waals surface area contributed by atoms with Gasteiger partial charge in [-0.2, -0.15) is 0 Å². The molecule has 1 unspecified atom stereocenters. The van der Waals surface area contributed by atoms with Gasteiger partial charge in [-0.1, -0.05) is 37.3 Å². The number of nitrogens with zero attached hydrogens (tertiary/aromatic N) is 1. The summed E-state index contributed by atoms with van der Waals surface area (Å²) in [5.74, 6) is -0.534. The molecule has 24 heavy (non-hydrogen) atoms. The summed E-state index contributed by atoms with van der Waals surface area (Å²) in [6.45, 7) is 2.03. The summed E-state index contributed by atoms with van der Waals surface area (Å²) in [5, 5.41) is 0.537. The Balaban J connectivity index is 2.30. The van der Waals surface area contributed by atoms with Crippen molar-refractivity contribution in [3.05, 3.63) is 62.0 Å². The van der Waals surface area contributed by atoms with Crippen molar-refractivity contribution >= 4 is 39.7 Å². The zero-order valence-electron chi connectivity index (χ0n) is 13.2. The normalized spacial score (nSPS) is 12.2. The van der Waals surface area contributed by atoms with Crippen molar-refractivity contribution in [2.45, 2.75) is 19.4 Å². The number of aromatic nitrogens is 2. The quantitative estimate of drug-likeness (QED) is 0.572. The van der Waals surface area contributed by atoms with Crippen LogP contribution < -0.4 is 5.56 Å². The summed E-state index contributed by atoms with van der Waals surface area (Å²) >= 11 is 6.87. The fourth-order valence-electron chi connectivity index (χ4n) is 2.62. The molecule has 5 nitrogen and oxygen atoms in total. The minimum atomic E-state index is -0.915. The lowest BCUT2D eigenvalue weighted by Gasteiger charge is -2.18. The number of nitrogens with one attached hydrogen (secondary N) is 1. The van der Waals surface area contributed by atoms with Crippen molar-refractivity contribution in [2.75, 3.05) is 7.11 Å². The van der Waals surface area contributed by atoms with Gasteiger partial charge in [0.05, 0.1) is 12.5 Å².